The zero-order valence-corrected chi connectivity index (χ0v) is 17.3. The molecular formula is C20H25F3NO5P. The molecule has 0 aromatic heterocycles. The SMILES string of the molecule is C[C@](N)(COP(=O)(O)O)c1ccc2cc(O[C@H]3CC[C@H](C(F)(F)F)CC3)ccc2c1. The summed E-state index contributed by atoms with van der Waals surface area (Å²) < 4.78 is 59.8. The van der Waals surface area contributed by atoms with Crippen molar-refractivity contribution in [3.8, 4) is 5.75 Å². The third kappa shape index (κ3) is 5.95. The summed E-state index contributed by atoms with van der Waals surface area (Å²) in [5.41, 5.74) is 5.69. The number of nitrogens with two attached hydrogens (primary N) is 1. The van der Waals surface area contributed by atoms with Gasteiger partial charge < -0.3 is 20.3 Å². The molecule has 0 aliphatic heterocycles. The second-order valence-corrected chi connectivity index (χ2v) is 9.28. The van der Waals surface area contributed by atoms with Gasteiger partial charge in [0.25, 0.3) is 0 Å². The molecule has 0 radical (unpaired) electrons. The minimum Gasteiger partial charge on any atom is -0.490 e. The van der Waals surface area contributed by atoms with Gasteiger partial charge in [-0.1, -0.05) is 18.2 Å². The maximum absolute atomic E-state index is 12.8. The van der Waals surface area contributed by atoms with E-state index >= 15 is 0 Å². The lowest BCUT2D eigenvalue weighted by atomic mass is 9.87. The number of ether oxygens (including phenoxy) is 1. The van der Waals surface area contributed by atoms with Crippen LogP contribution in [0.25, 0.3) is 10.8 Å². The number of benzene rings is 2. The molecule has 1 atom stereocenters. The Hall–Kier alpha value is -1.64. The number of fused-ring (bicyclic) bond motifs is 1. The first-order chi connectivity index (χ1) is 13.8. The first kappa shape index (κ1) is 23.0. The second kappa shape index (κ2) is 8.48. The normalized spacial score (nSPS) is 22.6. The highest BCUT2D eigenvalue weighted by molar-refractivity contribution is 7.46. The summed E-state index contributed by atoms with van der Waals surface area (Å²) in [6.07, 6.45) is -3.48. The molecule has 1 aliphatic carbocycles. The zero-order chi connectivity index (χ0) is 22.2. The van der Waals surface area contributed by atoms with Gasteiger partial charge in [0.15, 0.2) is 0 Å². The van der Waals surface area contributed by atoms with Crippen LogP contribution in [0, 0.1) is 5.92 Å². The highest BCUT2D eigenvalue weighted by atomic mass is 31.2. The summed E-state index contributed by atoms with van der Waals surface area (Å²) in [5.74, 6) is -0.654. The van der Waals surface area contributed by atoms with Crippen molar-refractivity contribution in [2.24, 2.45) is 11.7 Å². The molecule has 0 spiro atoms. The first-order valence-corrected chi connectivity index (χ1v) is 11.1. The molecule has 0 amide bonds. The molecule has 0 unspecified atom stereocenters. The van der Waals surface area contributed by atoms with Crippen molar-refractivity contribution in [2.45, 2.75) is 50.4 Å². The van der Waals surface area contributed by atoms with Gasteiger partial charge in [-0.25, -0.2) is 4.57 Å². The number of halogens is 3. The summed E-state index contributed by atoms with van der Waals surface area (Å²) in [6.45, 7) is 1.25. The fraction of sp³-hybridized carbons (Fsp3) is 0.500. The molecule has 166 valence electrons. The lowest BCUT2D eigenvalue weighted by molar-refractivity contribution is -0.185. The van der Waals surface area contributed by atoms with Gasteiger partial charge >= 0.3 is 14.0 Å². The summed E-state index contributed by atoms with van der Waals surface area (Å²) in [6, 6.07) is 10.7. The highest BCUT2D eigenvalue weighted by Crippen LogP contribution is 2.39. The van der Waals surface area contributed by atoms with Gasteiger partial charge in [0, 0.05) is 0 Å². The van der Waals surface area contributed by atoms with Crippen LogP contribution in [-0.2, 0) is 14.6 Å². The van der Waals surface area contributed by atoms with Gasteiger partial charge in [-0.15, -0.1) is 0 Å². The van der Waals surface area contributed by atoms with Crippen molar-refractivity contribution in [1.82, 2.24) is 0 Å². The molecule has 1 aliphatic rings. The lowest BCUT2D eigenvalue weighted by Crippen LogP contribution is -2.37. The largest absolute Gasteiger partial charge is 0.490 e. The van der Waals surface area contributed by atoms with Gasteiger partial charge in [-0.3, -0.25) is 4.52 Å². The van der Waals surface area contributed by atoms with Crippen molar-refractivity contribution in [3.63, 3.8) is 0 Å². The number of hydrogen-bond acceptors (Lipinski definition) is 4. The Labute approximate surface area is 172 Å². The van der Waals surface area contributed by atoms with Crippen LogP contribution in [0.3, 0.4) is 0 Å². The Balaban J connectivity index is 1.68. The summed E-state index contributed by atoms with van der Waals surface area (Å²) in [7, 11) is -4.63. The van der Waals surface area contributed by atoms with Crippen molar-refractivity contribution < 1.29 is 36.8 Å². The molecule has 30 heavy (non-hydrogen) atoms. The number of phosphoric ester groups is 1. The third-order valence-electron chi connectivity index (χ3n) is 5.44. The van der Waals surface area contributed by atoms with E-state index in [-0.39, 0.29) is 25.6 Å². The highest BCUT2D eigenvalue weighted by Gasteiger charge is 2.41. The van der Waals surface area contributed by atoms with Crippen molar-refractivity contribution >= 4 is 18.6 Å². The van der Waals surface area contributed by atoms with Crippen LogP contribution in [0.5, 0.6) is 5.75 Å². The first-order valence-electron chi connectivity index (χ1n) is 9.60. The molecule has 1 saturated carbocycles. The van der Waals surface area contributed by atoms with Crippen LogP contribution < -0.4 is 10.5 Å². The maximum Gasteiger partial charge on any atom is 0.469 e. The van der Waals surface area contributed by atoms with E-state index in [0.29, 0.717) is 24.2 Å². The summed E-state index contributed by atoms with van der Waals surface area (Å²) >= 11 is 0. The number of alkyl halides is 3. The Morgan fingerprint density at radius 1 is 1.07 bits per heavy atom. The summed E-state index contributed by atoms with van der Waals surface area (Å²) in [4.78, 5) is 17.8. The Bertz CT molecular complexity index is 936. The van der Waals surface area contributed by atoms with Crippen molar-refractivity contribution in [2.75, 3.05) is 6.61 Å². The third-order valence-corrected chi connectivity index (χ3v) is 5.91. The number of rotatable bonds is 6. The van der Waals surface area contributed by atoms with E-state index in [0.717, 1.165) is 10.8 Å². The number of hydrogen-bond donors (Lipinski definition) is 3. The maximum atomic E-state index is 12.8. The van der Waals surface area contributed by atoms with Crippen molar-refractivity contribution in [1.29, 1.82) is 0 Å². The standard InChI is InChI=1S/C20H25F3NO5P/c1-19(24,12-28-30(25,26)27)16-4-2-14-11-18(7-3-13(14)10-16)29-17-8-5-15(6-9-17)20(21,22)23/h2-4,7,10-11,15,17H,5-6,8-9,12,24H2,1H3,(H2,25,26,27)/t15-,17-,19-/m0/s1. The molecule has 0 saturated heterocycles. The van der Waals surface area contributed by atoms with Gasteiger partial charge in [0.05, 0.1) is 24.2 Å². The molecule has 0 bridgehead atoms. The van der Waals surface area contributed by atoms with E-state index in [4.69, 9.17) is 20.3 Å². The molecule has 6 nitrogen and oxygen atoms in total. The quantitative estimate of drug-likeness (QED) is 0.559. The van der Waals surface area contributed by atoms with Crippen LogP contribution >= 0.6 is 7.82 Å². The van der Waals surface area contributed by atoms with Gasteiger partial charge in [0.1, 0.15) is 5.75 Å². The van der Waals surface area contributed by atoms with Crippen LogP contribution in [0.15, 0.2) is 36.4 Å². The molecular weight excluding hydrogens is 422 g/mol. The van der Waals surface area contributed by atoms with Gasteiger partial charge in [0.2, 0.25) is 0 Å². The zero-order valence-electron chi connectivity index (χ0n) is 16.4. The lowest BCUT2D eigenvalue weighted by Gasteiger charge is -2.30. The predicted molar refractivity (Wildman–Crippen MR) is 106 cm³/mol. The van der Waals surface area contributed by atoms with E-state index < -0.39 is 25.5 Å². The van der Waals surface area contributed by atoms with Crippen LogP contribution in [-0.4, -0.2) is 28.7 Å². The Kier molecular flexibility index (Phi) is 6.51. The average Bonchev–Trinajstić information content (AvgIpc) is 2.65. The molecule has 2 aromatic rings. The molecule has 1 fully saturated rings. The van der Waals surface area contributed by atoms with Gasteiger partial charge in [-0.05, 0) is 67.1 Å². The topological polar surface area (TPSA) is 102 Å². The van der Waals surface area contributed by atoms with Crippen LogP contribution in [0.2, 0.25) is 0 Å². The monoisotopic (exact) mass is 447 g/mol. The average molecular weight is 447 g/mol. The van der Waals surface area contributed by atoms with E-state index in [9.17, 15) is 17.7 Å². The van der Waals surface area contributed by atoms with E-state index in [1.54, 1.807) is 31.2 Å². The molecule has 4 N–H and O–H groups in total. The fourth-order valence-electron chi connectivity index (χ4n) is 3.65. The second-order valence-electron chi connectivity index (χ2n) is 8.04. The minimum absolute atomic E-state index is 0.0802. The van der Waals surface area contributed by atoms with Crippen LogP contribution in [0.4, 0.5) is 13.2 Å². The van der Waals surface area contributed by atoms with E-state index in [2.05, 4.69) is 4.52 Å². The minimum atomic E-state index is -4.63. The molecule has 2 aromatic carbocycles. The Morgan fingerprint density at radius 3 is 2.27 bits per heavy atom. The number of phosphoric acid groups is 1. The predicted octanol–water partition coefficient (Wildman–Crippen LogP) is 4.62. The Morgan fingerprint density at radius 2 is 1.67 bits per heavy atom. The fourth-order valence-corrected chi connectivity index (χ4v) is 4.09. The molecule has 3 rings (SSSR count). The van der Waals surface area contributed by atoms with E-state index in [1.165, 1.54) is 0 Å². The van der Waals surface area contributed by atoms with Crippen molar-refractivity contribution in [3.05, 3.63) is 42.0 Å². The summed E-state index contributed by atoms with van der Waals surface area (Å²) in [5, 5.41) is 1.69. The van der Waals surface area contributed by atoms with Crippen LogP contribution in [0.1, 0.15) is 38.2 Å². The molecule has 0 heterocycles. The van der Waals surface area contributed by atoms with Gasteiger partial charge in [-0.2, -0.15) is 13.2 Å². The molecule has 10 heteroatoms. The smallest absolute Gasteiger partial charge is 0.469 e. The van der Waals surface area contributed by atoms with E-state index in [1.807, 2.05) is 12.1 Å².